The molecule has 1 heterocycles. The van der Waals surface area contributed by atoms with Crippen LogP contribution in [0.3, 0.4) is 0 Å². The number of nitrogens with zero attached hydrogens (tertiary/aromatic N) is 2. The first-order valence-corrected chi connectivity index (χ1v) is 4.50. The van der Waals surface area contributed by atoms with Gasteiger partial charge < -0.3 is 14.8 Å². The first kappa shape index (κ1) is 11.4. The highest BCUT2D eigenvalue weighted by atomic mass is 16.7. The topological polar surface area (TPSA) is 89.3 Å². The number of alkyl carbamates (subject to hydrolysis) is 1. The van der Waals surface area contributed by atoms with Crippen LogP contribution >= 0.6 is 0 Å². The predicted octanol–water partition coefficient (Wildman–Crippen LogP) is 0.805. The van der Waals surface area contributed by atoms with Crippen molar-refractivity contribution in [2.45, 2.75) is 25.4 Å². The molecule has 0 saturated carbocycles. The molecule has 0 spiro atoms. The number of ether oxygens (including phenoxy) is 2. The van der Waals surface area contributed by atoms with Gasteiger partial charge in [0, 0.05) is 19.9 Å². The molecule has 1 aliphatic heterocycles. The maximum absolute atomic E-state index is 11.1. The molecule has 7 nitrogen and oxygen atoms in total. The maximum Gasteiger partial charge on any atom is 0.409 e. The fourth-order valence-electron chi connectivity index (χ4n) is 0.817. The van der Waals surface area contributed by atoms with E-state index in [4.69, 9.17) is 0 Å². The SMILES string of the molecule is CNC(=O)OCOC(=O)CCC1(C)N=N1. The third kappa shape index (κ3) is 4.39. The number of carbonyl (C=O) groups excluding carboxylic acids is 2. The number of hydrogen-bond donors (Lipinski definition) is 1. The lowest BCUT2D eigenvalue weighted by Crippen LogP contribution is -2.22. The highest BCUT2D eigenvalue weighted by molar-refractivity contribution is 5.70. The van der Waals surface area contributed by atoms with E-state index in [9.17, 15) is 9.59 Å². The molecule has 1 amide bonds. The Hall–Kier alpha value is -1.66. The summed E-state index contributed by atoms with van der Waals surface area (Å²) in [5.41, 5.74) is -0.402. The summed E-state index contributed by atoms with van der Waals surface area (Å²) in [5.74, 6) is -0.433. The third-order valence-electron chi connectivity index (χ3n) is 1.86. The van der Waals surface area contributed by atoms with Crippen molar-refractivity contribution in [2.75, 3.05) is 13.8 Å². The number of hydrogen-bond acceptors (Lipinski definition) is 6. The summed E-state index contributed by atoms with van der Waals surface area (Å²) in [7, 11) is 1.42. The molecule has 15 heavy (non-hydrogen) atoms. The lowest BCUT2D eigenvalue weighted by Gasteiger charge is -2.06. The van der Waals surface area contributed by atoms with Crippen molar-refractivity contribution in [1.82, 2.24) is 5.32 Å². The van der Waals surface area contributed by atoms with Gasteiger partial charge in [0.25, 0.3) is 0 Å². The zero-order valence-electron chi connectivity index (χ0n) is 8.65. The van der Waals surface area contributed by atoms with Crippen molar-refractivity contribution in [2.24, 2.45) is 10.2 Å². The van der Waals surface area contributed by atoms with E-state index in [1.54, 1.807) is 0 Å². The van der Waals surface area contributed by atoms with Crippen LogP contribution in [0.15, 0.2) is 10.2 Å². The summed E-state index contributed by atoms with van der Waals surface area (Å²) < 4.78 is 9.10. The van der Waals surface area contributed by atoms with Crippen molar-refractivity contribution >= 4 is 12.1 Å². The van der Waals surface area contributed by atoms with Crippen molar-refractivity contribution in [1.29, 1.82) is 0 Å². The van der Waals surface area contributed by atoms with Crippen LogP contribution in [0.4, 0.5) is 4.79 Å². The van der Waals surface area contributed by atoms with Gasteiger partial charge in [-0.2, -0.15) is 10.2 Å². The molecule has 0 saturated heterocycles. The smallest absolute Gasteiger partial charge is 0.409 e. The molecule has 0 bridgehead atoms. The Bertz CT molecular complexity index is 284. The Labute approximate surface area is 86.8 Å². The van der Waals surface area contributed by atoms with Crippen molar-refractivity contribution < 1.29 is 19.1 Å². The van der Waals surface area contributed by atoms with Gasteiger partial charge in [-0.05, 0) is 6.92 Å². The minimum absolute atomic E-state index is 0.209. The average molecular weight is 215 g/mol. The Morgan fingerprint density at radius 2 is 2.00 bits per heavy atom. The van der Waals surface area contributed by atoms with Gasteiger partial charge in [-0.15, -0.1) is 0 Å². The molecule has 0 fully saturated rings. The molecular weight excluding hydrogens is 202 g/mol. The van der Waals surface area contributed by atoms with Gasteiger partial charge in [0.2, 0.25) is 6.79 Å². The van der Waals surface area contributed by atoms with Gasteiger partial charge in [0.05, 0.1) is 0 Å². The second kappa shape index (κ2) is 4.72. The van der Waals surface area contributed by atoms with E-state index in [-0.39, 0.29) is 13.2 Å². The molecule has 0 aromatic heterocycles. The number of esters is 1. The first-order valence-electron chi connectivity index (χ1n) is 4.50. The normalized spacial score (nSPS) is 15.6. The maximum atomic E-state index is 11.1. The average Bonchev–Trinajstić information content (AvgIpc) is 2.94. The molecular formula is C8H13N3O4. The van der Waals surface area contributed by atoms with E-state index in [1.807, 2.05) is 6.92 Å². The summed E-state index contributed by atoms with van der Waals surface area (Å²) in [6, 6.07) is 0. The molecule has 0 aromatic rings. The summed E-state index contributed by atoms with van der Waals surface area (Å²) in [6.45, 7) is 1.45. The molecule has 0 aromatic carbocycles. The van der Waals surface area contributed by atoms with Gasteiger partial charge in [0.15, 0.2) is 5.66 Å². The summed E-state index contributed by atoms with van der Waals surface area (Å²) >= 11 is 0. The van der Waals surface area contributed by atoms with E-state index in [0.717, 1.165) is 0 Å². The number of amides is 1. The Kier molecular flexibility index (Phi) is 3.59. The van der Waals surface area contributed by atoms with E-state index < -0.39 is 17.7 Å². The van der Waals surface area contributed by atoms with E-state index in [0.29, 0.717) is 6.42 Å². The highest BCUT2D eigenvalue weighted by Crippen LogP contribution is 2.31. The first-order chi connectivity index (χ1) is 7.06. The molecule has 0 unspecified atom stereocenters. The van der Waals surface area contributed by atoms with Gasteiger partial charge in [0.1, 0.15) is 0 Å². The molecule has 0 atom stereocenters. The van der Waals surface area contributed by atoms with E-state index in [2.05, 4.69) is 25.0 Å². The highest BCUT2D eigenvalue weighted by Gasteiger charge is 2.34. The molecule has 1 rings (SSSR count). The van der Waals surface area contributed by atoms with Crippen molar-refractivity contribution in [3.8, 4) is 0 Å². The monoisotopic (exact) mass is 215 g/mol. The van der Waals surface area contributed by atoms with Crippen molar-refractivity contribution in [3.05, 3.63) is 0 Å². The van der Waals surface area contributed by atoms with Crippen LogP contribution in [0.1, 0.15) is 19.8 Å². The van der Waals surface area contributed by atoms with Gasteiger partial charge >= 0.3 is 12.1 Å². The Morgan fingerprint density at radius 3 is 2.53 bits per heavy atom. The van der Waals surface area contributed by atoms with Crippen LogP contribution < -0.4 is 5.32 Å². The second-order valence-corrected chi connectivity index (χ2v) is 3.23. The van der Waals surface area contributed by atoms with Gasteiger partial charge in [-0.3, -0.25) is 4.79 Å². The molecule has 0 aliphatic carbocycles. The molecule has 7 heteroatoms. The third-order valence-corrected chi connectivity index (χ3v) is 1.86. The minimum atomic E-state index is -0.637. The zero-order chi connectivity index (χ0) is 11.3. The van der Waals surface area contributed by atoms with Crippen molar-refractivity contribution in [3.63, 3.8) is 0 Å². The second-order valence-electron chi connectivity index (χ2n) is 3.23. The quantitative estimate of drug-likeness (QED) is 0.542. The van der Waals surface area contributed by atoms with Gasteiger partial charge in [-0.25, -0.2) is 4.79 Å². The lowest BCUT2D eigenvalue weighted by atomic mass is 10.1. The fraction of sp³-hybridized carbons (Fsp3) is 0.750. The molecule has 84 valence electrons. The summed E-state index contributed by atoms with van der Waals surface area (Å²) in [6.07, 6.45) is 0.0915. The number of rotatable bonds is 5. The van der Waals surface area contributed by atoms with Crippen LogP contribution in [-0.2, 0) is 14.3 Å². The fourth-order valence-corrected chi connectivity index (χ4v) is 0.817. The van der Waals surface area contributed by atoms with Crippen LogP contribution in [0.2, 0.25) is 0 Å². The summed E-state index contributed by atoms with van der Waals surface area (Å²) in [4.78, 5) is 21.6. The van der Waals surface area contributed by atoms with Crippen LogP contribution in [-0.4, -0.2) is 31.6 Å². The van der Waals surface area contributed by atoms with Crippen LogP contribution in [0, 0.1) is 0 Å². The molecule has 0 radical (unpaired) electrons. The molecule has 1 N–H and O–H groups in total. The van der Waals surface area contributed by atoms with E-state index in [1.165, 1.54) is 7.05 Å². The largest absolute Gasteiger partial charge is 0.428 e. The number of nitrogens with one attached hydrogen (secondary N) is 1. The predicted molar refractivity (Wildman–Crippen MR) is 49.0 cm³/mol. The lowest BCUT2D eigenvalue weighted by molar-refractivity contribution is -0.152. The van der Waals surface area contributed by atoms with Crippen LogP contribution in [0.5, 0.6) is 0 Å². The standard InChI is InChI=1S/C8H13N3O4/c1-8(10-11-8)4-3-6(12)14-5-15-7(13)9-2/h3-5H2,1-2H3,(H,9,13). The van der Waals surface area contributed by atoms with E-state index >= 15 is 0 Å². The Balaban J connectivity index is 2.01. The number of carbonyl (C=O) groups is 2. The van der Waals surface area contributed by atoms with Crippen LogP contribution in [0.25, 0.3) is 0 Å². The zero-order valence-corrected chi connectivity index (χ0v) is 8.65. The van der Waals surface area contributed by atoms with Gasteiger partial charge in [-0.1, -0.05) is 0 Å². The molecule has 1 aliphatic rings. The summed E-state index contributed by atoms with van der Waals surface area (Å²) in [5, 5.41) is 9.72. The minimum Gasteiger partial charge on any atom is -0.428 e. The Morgan fingerprint density at radius 1 is 1.33 bits per heavy atom.